The molecule has 1 heterocycles. The van der Waals surface area contributed by atoms with Gasteiger partial charge >= 0.3 is 0 Å². The van der Waals surface area contributed by atoms with E-state index >= 15 is 0 Å². The molecule has 0 atom stereocenters. The molecule has 108 valence electrons. The number of halogens is 3. The summed E-state index contributed by atoms with van der Waals surface area (Å²) in [7, 11) is -3.93. The normalized spacial score (nSPS) is 11.0. The van der Waals surface area contributed by atoms with Crippen LogP contribution in [0.15, 0.2) is 39.8 Å². The number of nitrogens with one attached hydrogen (secondary N) is 1. The number of benzene rings is 1. The topological polar surface area (TPSA) is 82.9 Å². The molecule has 1 aromatic heterocycles. The quantitative estimate of drug-likeness (QED) is 0.785. The molecular weight excluding hydrogens is 401 g/mol. The number of nitrogens with zero attached hydrogens (tertiary/aromatic N) is 2. The first-order valence-electron chi connectivity index (χ1n) is 5.37. The average molecular weight is 407 g/mol. The van der Waals surface area contributed by atoms with Crippen molar-refractivity contribution in [3.8, 4) is 6.07 Å². The number of anilines is 1. The molecule has 0 amide bonds. The van der Waals surface area contributed by atoms with Crippen LogP contribution in [0.2, 0.25) is 10.2 Å². The highest BCUT2D eigenvalue weighted by atomic mass is 79.9. The maximum Gasteiger partial charge on any atom is 0.263 e. The van der Waals surface area contributed by atoms with Gasteiger partial charge in [-0.2, -0.15) is 5.26 Å². The lowest BCUT2D eigenvalue weighted by molar-refractivity contribution is 0.601. The summed E-state index contributed by atoms with van der Waals surface area (Å²) < 4.78 is 27.5. The van der Waals surface area contributed by atoms with Crippen molar-refractivity contribution in [2.24, 2.45) is 0 Å². The van der Waals surface area contributed by atoms with E-state index in [1.165, 1.54) is 18.2 Å². The Hall–Kier alpha value is -1.33. The van der Waals surface area contributed by atoms with E-state index in [-0.39, 0.29) is 26.3 Å². The number of hydrogen-bond donors (Lipinski definition) is 1. The first-order valence-corrected chi connectivity index (χ1v) is 8.40. The summed E-state index contributed by atoms with van der Waals surface area (Å²) in [4.78, 5) is 3.53. The summed E-state index contributed by atoms with van der Waals surface area (Å²) >= 11 is 14.6. The van der Waals surface area contributed by atoms with Gasteiger partial charge in [0.1, 0.15) is 16.1 Å². The van der Waals surface area contributed by atoms with Crippen LogP contribution in [0.4, 0.5) is 5.69 Å². The van der Waals surface area contributed by atoms with Crippen LogP contribution in [0.25, 0.3) is 0 Å². The van der Waals surface area contributed by atoms with Crippen LogP contribution in [0.1, 0.15) is 5.56 Å². The Bertz CT molecular complexity index is 850. The van der Waals surface area contributed by atoms with Crippen LogP contribution in [0.5, 0.6) is 0 Å². The van der Waals surface area contributed by atoms with Gasteiger partial charge in [-0.3, -0.25) is 4.72 Å². The molecule has 2 aromatic rings. The van der Waals surface area contributed by atoms with Gasteiger partial charge in [-0.1, -0.05) is 39.1 Å². The molecule has 1 N–H and O–H groups in total. The largest absolute Gasteiger partial charge is 0.278 e. The van der Waals surface area contributed by atoms with Gasteiger partial charge in [-0.05, 0) is 24.3 Å². The Kier molecular flexibility index (Phi) is 4.74. The van der Waals surface area contributed by atoms with Gasteiger partial charge in [-0.25, -0.2) is 13.4 Å². The summed E-state index contributed by atoms with van der Waals surface area (Å²) in [6, 6.07) is 7.71. The molecule has 5 nitrogen and oxygen atoms in total. The molecule has 0 radical (unpaired) electrons. The molecule has 0 spiro atoms. The van der Waals surface area contributed by atoms with Crippen molar-refractivity contribution in [3.05, 3.63) is 50.7 Å². The monoisotopic (exact) mass is 405 g/mol. The molecule has 2 rings (SSSR count). The van der Waals surface area contributed by atoms with Crippen molar-refractivity contribution < 1.29 is 8.42 Å². The maximum absolute atomic E-state index is 12.3. The van der Waals surface area contributed by atoms with Crippen molar-refractivity contribution >= 4 is 54.8 Å². The van der Waals surface area contributed by atoms with Crippen molar-refractivity contribution in [1.82, 2.24) is 4.98 Å². The van der Waals surface area contributed by atoms with Gasteiger partial charge in [0.2, 0.25) is 0 Å². The highest BCUT2D eigenvalue weighted by Gasteiger charge is 2.18. The van der Waals surface area contributed by atoms with Crippen LogP contribution >= 0.6 is 39.1 Å². The zero-order valence-corrected chi connectivity index (χ0v) is 14.1. The standard InChI is InChI=1S/C12H6BrCl2N3O2S/c13-8-2-1-7(5-16)11(3-8)18-21(19,20)9-4-10(14)12(15)17-6-9/h1-4,6,18H. The van der Waals surface area contributed by atoms with E-state index in [0.29, 0.717) is 4.47 Å². The summed E-state index contributed by atoms with van der Waals surface area (Å²) in [6.07, 6.45) is 1.08. The molecule has 21 heavy (non-hydrogen) atoms. The number of hydrogen-bond acceptors (Lipinski definition) is 4. The second-order valence-electron chi connectivity index (χ2n) is 3.85. The lowest BCUT2D eigenvalue weighted by Crippen LogP contribution is -2.14. The fraction of sp³-hybridized carbons (Fsp3) is 0. The van der Waals surface area contributed by atoms with Crippen LogP contribution in [0.3, 0.4) is 0 Å². The van der Waals surface area contributed by atoms with Gasteiger partial charge in [0.25, 0.3) is 10.0 Å². The zero-order chi connectivity index (χ0) is 15.6. The van der Waals surface area contributed by atoms with Gasteiger partial charge in [0, 0.05) is 10.7 Å². The SMILES string of the molecule is N#Cc1ccc(Br)cc1NS(=O)(=O)c1cnc(Cl)c(Cl)c1. The van der Waals surface area contributed by atoms with E-state index in [0.717, 1.165) is 6.20 Å². The van der Waals surface area contributed by atoms with Gasteiger partial charge in [-0.15, -0.1) is 0 Å². The van der Waals surface area contributed by atoms with Crippen LogP contribution < -0.4 is 4.72 Å². The predicted octanol–water partition coefficient (Wildman–Crippen LogP) is 3.82. The van der Waals surface area contributed by atoms with Crippen LogP contribution in [-0.2, 0) is 10.0 Å². The van der Waals surface area contributed by atoms with E-state index in [9.17, 15) is 8.42 Å². The third-order valence-electron chi connectivity index (χ3n) is 2.43. The minimum atomic E-state index is -3.93. The summed E-state index contributed by atoms with van der Waals surface area (Å²) in [6.45, 7) is 0. The minimum absolute atomic E-state index is 0.00999. The lowest BCUT2D eigenvalue weighted by Gasteiger charge is -2.10. The maximum atomic E-state index is 12.3. The molecule has 0 aliphatic heterocycles. The molecule has 9 heteroatoms. The Morgan fingerprint density at radius 3 is 2.62 bits per heavy atom. The van der Waals surface area contributed by atoms with Gasteiger partial charge in [0.05, 0.1) is 16.3 Å². The molecule has 0 aliphatic rings. The number of pyridine rings is 1. The fourth-order valence-electron chi connectivity index (χ4n) is 1.45. The van der Waals surface area contributed by atoms with Crippen molar-refractivity contribution in [2.45, 2.75) is 4.90 Å². The Morgan fingerprint density at radius 2 is 2.00 bits per heavy atom. The number of sulfonamides is 1. The van der Waals surface area contributed by atoms with Crippen LogP contribution in [0, 0.1) is 11.3 Å². The minimum Gasteiger partial charge on any atom is -0.278 e. The zero-order valence-electron chi connectivity index (χ0n) is 10.1. The molecule has 0 aliphatic carbocycles. The number of nitriles is 1. The summed E-state index contributed by atoms with van der Waals surface area (Å²) in [5.74, 6) is 0. The molecule has 0 fully saturated rings. The smallest absolute Gasteiger partial charge is 0.263 e. The molecule has 0 saturated heterocycles. The Labute approximate surface area is 139 Å². The van der Waals surface area contributed by atoms with E-state index in [1.807, 2.05) is 6.07 Å². The Balaban J connectivity index is 2.45. The van der Waals surface area contributed by atoms with Crippen molar-refractivity contribution in [3.63, 3.8) is 0 Å². The van der Waals surface area contributed by atoms with E-state index in [1.54, 1.807) is 6.07 Å². The third-order valence-corrected chi connectivity index (χ3v) is 4.94. The first kappa shape index (κ1) is 16.0. The third kappa shape index (κ3) is 3.66. The average Bonchev–Trinajstić information content (AvgIpc) is 2.41. The second-order valence-corrected chi connectivity index (χ2v) is 7.21. The Morgan fingerprint density at radius 1 is 1.29 bits per heavy atom. The molecule has 0 unspecified atom stereocenters. The lowest BCUT2D eigenvalue weighted by atomic mass is 10.2. The number of rotatable bonds is 3. The molecule has 1 aromatic carbocycles. The first-order chi connectivity index (χ1) is 9.83. The summed E-state index contributed by atoms with van der Waals surface area (Å²) in [5, 5.41) is 9.04. The van der Waals surface area contributed by atoms with Gasteiger partial charge < -0.3 is 0 Å². The van der Waals surface area contributed by atoms with E-state index < -0.39 is 10.0 Å². The van der Waals surface area contributed by atoms with Crippen molar-refractivity contribution in [1.29, 1.82) is 5.26 Å². The van der Waals surface area contributed by atoms with Crippen LogP contribution in [-0.4, -0.2) is 13.4 Å². The fourth-order valence-corrected chi connectivity index (χ4v) is 3.19. The molecular formula is C12H6BrCl2N3O2S. The van der Waals surface area contributed by atoms with E-state index in [2.05, 4.69) is 25.6 Å². The second kappa shape index (κ2) is 6.20. The van der Waals surface area contributed by atoms with Gasteiger partial charge in [0.15, 0.2) is 0 Å². The molecule has 0 bridgehead atoms. The molecule has 0 saturated carbocycles. The highest BCUT2D eigenvalue weighted by molar-refractivity contribution is 9.10. The highest BCUT2D eigenvalue weighted by Crippen LogP contribution is 2.26. The summed E-state index contributed by atoms with van der Waals surface area (Å²) in [5.41, 5.74) is 0.341. The number of aromatic nitrogens is 1. The predicted molar refractivity (Wildman–Crippen MR) is 83.9 cm³/mol. The van der Waals surface area contributed by atoms with E-state index in [4.69, 9.17) is 28.5 Å². The van der Waals surface area contributed by atoms with Crippen molar-refractivity contribution in [2.75, 3.05) is 4.72 Å².